The number of benzene rings is 2. The first-order valence-electron chi connectivity index (χ1n) is 13.7. The quantitative estimate of drug-likeness (QED) is 0.229. The summed E-state index contributed by atoms with van der Waals surface area (Å²) in [5.74, 6) is -3.34. The molecule has 1 aliphatic heterocycles. The molecule has 0 bridgehead atoms. The van der Waals surface area contributed by atoms with E-state index in [0.29, 0.717) is 10.2 Å². The van der Waals surface area contributed by atoms with Gasteiger partial charge in [0.05, 0.1) is 15.8 Å². The fourth-order valence-electron chi connectivity index (χ4n) is 4.74. The topological polar surface area (TPSA) is 173 Å². The molecule has 2 aromatic heterocycles. The van der Waals surface area contributed by atoms with E-state index in [4.69, 9.17) is 5.11 Å². The number of anilines is 1. The van der Waals surface area contributed by atoms with Crippen LogP contribution in [-0.2, 0) is 32.7 Å². The van der Waals surface area contributed by atoms with E-state index in [2.05, 4.69) is 24.9 Å². The minimum absolute atomic E-state index is 0.0600. The summed E-state index contributed by atoms with van der Waals surface area (Å²) in [7, 11) is -4.53. The Bertz CT molecular complexity index is 2020. The lowest BCUT2D eigenvalue weighted by molar-refractivity contribution is -0.275. The second-order valence-electron chi connectivity index (χ2n) is 10.2. The first-order valence-corrected chi connectivity index (χ1v) is 16.0. The van der Waals surface area contributed by atoms with Gasteiger partial charge in [-0.05, 0) is 42.0 Å². The van der Waals surface area contributed by atoms with Gasteiger partial charge in [0.2, 0.25) is 15.9 Å². The third kappa shape index (κ3) is 8.56. The number of hydrogen-bond acceptors (Lipinski definition) is 11. The molecule has 4 aromatic rings. The molecule has 1 amide bonds. The number of aromatic nitrogens is 3. The molecule has 0 radical (unpaired) electrons. The number of carboxylic acid groups (broad SMARTS) is 1. The lowest BCUT2D eigenvalue weighted by Crippen LogP contribution is -2.60. The molecule has 0 saturated carbocycles. The number of alkyl halides is 6. The summed E-state index contributed by atoms with van der Waals surface area (Å²) >= 11 is 0.980. The van der Waals surface area contributed by atoms with Crippen LogP contribution in [0.3, 0.4) is 0 Å². The third-order valence-corrected chi connectivity index (χ3v) is 9.84. The average molecular weight is 737 g/mol. The van der Waals surface area contributed by atoms with Gasteiger partial charge in [0, 0.05) is 26.2 Å². The van der Waals surface area contributed by atoms with Gasteiger partial charge in [-0.3, -0.25) is 14.4 Å². The summed E-state index contributed by atoms with van der Waals surface area (Å²) in [6.07, 6.45) is -8.70. The van der Waals surface area contributed by atoms with Crippen molar-refractivity contribution in [2.24, 2.45) is 0 Å². The van der Waals surface area contributed by atoms with Crippen molar-refractivity contribution in [2.45, 2.75) is 36.8 Å². The van der Waals surface area contributed by atoms with Gasteiger partial charge >= 0.3 is 18.7 Å². The van der Waals surface area contributed by atoms with Gasteiger partial charge in [-0.1, -0.05) is 23.5 Å². The van der Waals surface area contributed by atoms with Crippen LogP contribution in [0.5, 0.6) is 11.5 Å². The van der Waals surface area contributed by atoms with Crippen molar-refractivity contribution >= 4 is 48.6 Å². The SMILES string of the molecule is O=C(O)Cn1ncc2sc(N3CCN(S(=O)(=O)c4ccc(OC(F)(F)F)cc4)[C@@H](C(=O)NCc4ccc(OC(F)(F)F)cc4)C3)nc2c1=O. The minimum atomic E-state index is -5.02. The zero-order chi connectivity index (χ0) is 35.7. The molecule has 1 atom stereocenters. The van der Waals surface area contributed by atoms with E-state index in [1.165, 1.54) is 23.2 Å². The third-order valence-electron chi connectivity index (χ3n) is 6.87. The number of aliphatic carboxylic acids is 1. The Hall–Kier alpha value is -4.96. The molecule has 3 heterocycles. The molecule has 1 fully saturated rings. The summed E-state index contributed by atoms with van der Waals surface area (Å²) in [6.45, 7) is -1.68. The van der Waals surface area contributed by atoms with E-state index in [9.17, 15) is 49.1 Å². The number of carbonyl (C=O) groups is 2. The molecule has 1 saturated heterocycles. The van der Waals surface area contributed by atoms with Gasteiger partial charge in [0.25, 0.3) is 5.56 Å². The largest absolute Gasteiger partial charge is 0.573 e. The maximum atomic E-state index is 13.7. The van der Waals surface area contributed by atoms with Crippen LogP contribution in [0.1, 0.15) is 5.56 Å². The molecular formula is C27H22F6N6O8S2. The molecule has 2 aromatic carbocycles. The fourth-order valence-corrected chi connectivity index (χ4v) is 7.27. The molecule has 5 rings (SSSR count). The number of hydrogen-bond donors (Lipinski definition) is 2. The number of ether oxygens (including phenoxy) is 2. The molecule has 1 aliphatic rings. The summed E-state index contributed by atoms with van der Waals surface area (Å²) in [5, 5.41) is 15.6. The zero-order valence-electron chi connectivity index (χ0n) is 24.4. The molecule has 0 spiro atoms. The Morgan fingerprint density at radius 1 is 0.959 bits per heavy atom. The Morgan fingerprint density at radius 2 is 1.55 bits per heavy atom. The lowest BCUT2D eigenvalue weighted by atomic mass is 10.1. The van der Waals surface area contributed by atoms with E-state index >= 15 is 0 Å². The minimum Gasteiger partial charge on any atom is -0.480 e. The monoisotopic (exact) mass is 736 g/mol. The Balaban J connectivity index is 1.41. The summed E-state index contributed by atoms with van der Waals surface area (Å²) < 4.78 is 112. The van der Waals surface area contributed by atoms with Crippen molar-refractivity contribution in [3.8, 4) is 11.5 Å². The van der Waals surface area contributed by atoms with Crippen molar-refractivity contribution in [3.05, 3.63) is 70.6 Å². The molecule has 22 heteroatoms. The van der Waals surface area contributed by atoms with E-state index in [0.717, 1.165) is 52.0 Å². The van der Waals surface area contributed by atoms with E-state index in [1.807, 2.05) is 0 Å². The predicted molar refractivity (Wildman–Crippen MR) is 157 cm³/mol. The Morgan fingerprint density at radius 3 is 2.12 bits per heavy atom. The van der Waals surface area contributed by atoms with Crippen LogP contribution in [0.15, 0.2) is 64.4 Å². The van der Waals surface area contributed by atoms with Gasteiger partial charge in [0.15, 0.2) is 10.6 Å². The van der Waals surface area contributed by atoms with Crippen molar-refractivity contribution in [1.82, 2.24) is 24.4 Å². The standard InChI is InChI=1S/C27H22F6N6O8S2/c28-26(29,30)46-16-3-1-15(2-4-16)11-34-23(42)19-13-37(25-36-22-20(48-25)12-35-38(24(22)43)14-21(40)41)9-10-39(19)49(44,45)18-7-5-17(6-8-18)47-27(31,32)33/h1-8,12,19H,9-11,13-14H2,(H,34,42)(H,40,41)/t19-/m1/s1. The van der Waals surface area contributed by atoms with E-state index < -0.39 is 69.2 Å². The molecule has 0 aliphatic carbocycles. The number of amides is 1. The highest BCUT2D eigenvalue weighted by Gasteiger charge is 2.41. The summed E-state index contributed by atoms with van der Waals surface area (Å²) in [6, 6.07) is 6.41. The number of nitrogens with zero attached hydrogens (tertiary/aromatic N) is 5. The van der Waals surface area contributed by atoms with Crippen LogP contribution in [0.2, 0.25) is 0 Å². The number of rotatable bonds is 10. The highest BCUT2D eigenvalue weighted by molar-refractivity contribution is 7.89. The van der Waals surface area contributed by atoms with Gasteiger partial charge in [-0.2, -0.15) is 9.40 Å². The smallest absolute Gasteiger partial charge is 0.480 e. The average Bonchev–Trinajstić information content (AvgIpc) is 3.46. The number of sulfonamides is 1. The normalized spacial score (nSPS) is 16.0. The van der Waals surface area contributed by atoms with E-state index in [1.54, 1.807) is 0 Å². The highest BCUT2D eigenvalue weighted by Crippen LogP contribution is 2.31. The Kier molecular flexibility index (Phi) is 9.75. The molecule has 14 nitrogen and oxygen atoms in total. The van der Waals surface area contributed by atoms with Crippen LogP contribution >= 0.6 is 11.3 Å². The van der Waals surface area contributed by atoms with Gasteiger partial charge in [-0.15, -0.1) is 26.3 Å². The van der Waals surface area contributed by atoms with Gasteiger partial charge in [0.1, 0.15) is 24.1 Å². The summed E-state index contributed by atoms with van der Waals surface area (Å²) in [5.41, 5.74) is -0.560. The molecular weight excluding hydrogens is 714 g/mol. The van der Waals surface area contributed by atoms with Crippen LogP contribution in [0.25, 0.3) is 10.2 Å². The highest BCUT2D eigenvalue weighted by atomic mass is 32.2. The maximum Gasteiger partial charge on any atom is 0.573 e. The van der Waals surface area contributed by atoms with E-state index in [-0.39, 0.29) is 41.5 Å². The van der Waals surface area contributed by atoms with Crippen molar-refractivity contribution < 1.29 is 58.9 Å². The van der Waals surface area contributed by atoms with Crippen molar-refractivity contribution in [1.29, 1.82) is 0 Å². The second-order valence-corrected chi connectivity index (χ2v) is 13.1. The molecule has 49 heavy (non-hydrogen) atoms. The van der Waals surface area contributed by atoms with Crippen molar-refractivity contribution in [3.63, 3.8) is 0 Å². The van der Waals surface area contributed by atoms with Crippen LogP contribution in [0.4, 0.5) is 31.5 Å². The van der Waals surface area contributed by atoms with Crippen molar-refractivity contribution in [2.75, 3.05) is 24.5 Å². The Labute approximate surface area is 275 Å². The number of carboxylic acids is 1. The number of carbonyl (C=O) groups excluding carboxylic acids is 1. The first-order chi connectivity index (χ1) is 22.9. The number of halogens is 6. The van der Waals surface area contributed by atoms with Gasteiger partial charge in [-0.25, -0.2) is 18.1 Å². The van der Waals surface area contributed by atoms with Crippen LogP contribution in [-0.4, -0.2) is 82.9 Å². The molecule has 262 valence electrons. The predicted octanol–water partition coefficient (Wildman–Crippen LogP) is 2.93. The number of nitrogens with one attached hydrogen (secondary N) is 1. The van der Waals surface area contributed by atoms with Crippen LogP contribution < -0.4 is 25.2 Å². The number of fused-ring (bicyclic) bond motifs is 1. The first kappa shape index (κ1) is 35.3. The maximum absolute atomic E-state index is 13.7. The van der Waals surface area contributed by atoms with Crippen LogP contribution in [0, 0.1) is 0 Å². The zero-order valence-corrected chi connectivity index (χ0v) is 26.1. The number of piperazine rings is 1. The van der Waals surface area contributed by atoms with Gasteiger partial charge < -0.3 is 24.8 Å². The lowest BCUT2D eigenvalue weighted by Gasteiger charge is -2.39. The molecule has 0 unspecified atom stereocenters. The molecule has 2 N–H and O–H groups in total. The summed E-state index contributed by atoms with van der Waals surface area (Å²) in [4.78, 5) is 42.8. The number of thiazole rings is 1. The fraction of sp³-hybridized carbons (Fsp3) is 0.296. The second kappa shape index (κ2) is 13.5.